The topological polar surface area (TPSA) is 73.4 Å². The summed E-state index contributed by atoms with van der Waals surface area (Å²) in [6.45, 7) is 10.3. The monoisotopic (exact) mass is 344 g/mol. The van der Waals surface area contributed by atoms with Crippen LogP contribution in [0.5, 0.6) is 0 Å². The van der Waals surface area contributed by atoms with E-state index in [0.717, 1.165) is 42.3 Å². The predicted molar refractivity (Wildman–Crippen MR) is 94.1 cm³/mol. The molecule has 1 aliphatic rings. The quantitative estimate of drug-likeness (QED) is 0.592. The minimum atomic E-state index is -0.131. The van der Waals surface area contributed by atoms with Crippen LogP contribution in [0.2, 0.25) is 0 Å². The summed E-state index contributed by atoms with van der Waals surface area (Å²) in [6, 6.07) is 1.86. The highest BCUT2D eigenvalue weighted by molar-refractivity contribution is 5.73. The number of carbonyl (C=O) groups excluding carboxylic acids is 1. The van der Waals surface area contributed by atoms with Crippen molar-refractivity contribution in [3.63, 3.8) is 0 Å². The molecule has 134 valence electrons. The van der Waals surface area contributed by atoms with Gasteiger partial charge in [-0.3, -0.25) is 9.36 Å². The van der Waals surface area contributed by atoms with Crippen LogP contribution >= 0.6 is 0 Å². The lowest BCUT2D eigenvalue weighted by Gasteiger charge is -2.32. The van der Waals surface area contributed by atoms with E-state index >= 15 is 0 Å². The van der Waals surface area contributed by atoms with Gasteiger partial charge in [0.05, 0.1) is 24.4 Å². The lowest BCUT2D eigenvalue weighted by atomic mass is 9.98. The smallest absolute Gasteiger partial charge is 0.310 e. The lowest BCUT2D eigenvalue weighted by Crippen LogP contribution is -2.40. The van der Waals surface area contributed by atoms with E-state index in [9.17, 15) is 4.79 Å². The molecule has 0 amide bonds. The average molecular weight is 344 g/mol. The third kappa shape index (κ3) is 3.75. The summed E-state index contributed by atoms with van der Waals surface area (Å²) in [7, 11) is 0. The molecule has 1 saturated heterocycles. The molecule has 1 aliphatic heterocycles. The minimum absolute atomic E-state index is 0.124. The molecule has 0 bridgehead atoms. The fourth-order valence-corrected chi connectivity index (χ4v) is 3.16. The number of allylic oxidation sites excluding steroid dienone is 1. The van der Waals surface area contributed by atoms with Crippen molar-refractivity contribution in [3.05, 3.63) is 30.7 Å². The number of aromatic nitrogens is 3. The van der Waals surface area contributed by atoms with Crippen LogP contribution in [0.25, 0.3) is 11.4 Å². The third-order valence-electron chi connectivity index (χ3n) is 4.26. The molecule has 3 rings (SSSR count). The number of anilines is 1. The predicted octanol–water partition coefficient (Wildman–Crippen LogP) is 2.89. The van der Waals surface area contributed by atoms with Crippen LogP contribution in [0.15, 0.2) is 35.2 Å². The van der Waals surface area contributed by atoms with Crippen molar-refractivity contribution in [2.45, 2.75) is 33.2 Å². The molecule has 1 atom stereocenters. The summed E-state index contributed by atoms with van der Waals surface area (Å²) in [5.74, 6) is 1.24. The van der Waals surface area contributed by atoms with Gasteiger partial charge in [0, 0.05) is 19.6 Å². The molecular weight excluding hydrogens is 320 g/mol. The van der Waals surface area contributed by atoms with Crippen molar-refractivity contribution in [1.29, 1.82) is 0 Å². The second kappa shape index (κ2) is 7.55. The number of carbonyl (C=O) groups is 1. The summed E-state index contributed by atoms with van der Waals surface area (Å²) in [4.78, 5) is 14.2. The van der Waals surface area contributed by atoms with E-state index in [0.29, 0.717) is 19.7 Å². The maximum atomic E-state index is 12.1. The zero-order chi connectivity index (χ0) is 17.8. The zero-order valence-corrected chi connectivity index (χ0v) is 14.8. The Morgan fingerprint density at radius 1 is 1.48 bits per heavy atom. The van der Waals surface area contributed by atoms with Crippen molar-refractivity contribution in [1.82, 2.24) is 14.8 Å². The molecule has 2 aromatic rings. The molecule has 7 nitrogen and oxygen atoms in total. The Kier molecular flexibility index (Phi) is 5.21. The molecule has 2 aromatic heterocycles. The summed E-state index contributed by atoms with van der Waals surface area (Å²) >= 11 is 0. The number of piperidine rings is 1. The SMILES string of the molecule is C=C(C)Cn1c(-c2ccoc2)nnc1N1CCCC(C(=O)OCC)C1. The molecule has 3 heterocycles. The first-order chi connectivity index (χ1) is 12.1. The molecule has 1 unspecified atom stereocenters. The van der Waals surface area contributed by atoms with E-state index in [1.54, 1.807) is 12.5 Å². The fraction of sp³-hybridized carbons (Fsp3) is 0.500. The molecule has 25 heavy (non-hydrogen) atoms. The van der Waals surface area contributed by atoms with E-state index in [1.807, 2.05) is 24.5 Å². The maximum Gasteiger partial charge on any atom is 0.310 e. The van der Waals surface area contributed by atoms with Gasteiger partial charge in [-0.15, -0.1) is 10.2 Å². The van der Waals surface area contributed by atoms with Gasteiger partial charge in [0.15, 0.2) is 5.82 Å². The average Bonchev–Trinajstić information content (AvgIpc) is 3.24. The van der Waals surface area contributed by atoms with Gasteiger partial charge in [0.2, 0.25) is 5.95 Å². The summed E-state index contributed by atoms with van der Waals surface area (Å²) in [6.07, 6.45) is 5.04. The normalized spacial score (nSPS) is 17.5. The van der Waals surface area contributed by atoms with Crippen molar-refractivity contribution < 1.29 is 13.9 Å². The second-order valence-electron chi connectivity index (χ2n) is 6.42. The van der Waals surface area contributed by atoms with Gasteiger partial charge >= 0.3 is 5.97 Å². The van der Waals surface area contributed by atoms with E-state index < -0.39 is 0 Å². The molecule has 0 aliphatic carbocycles. The van der Waals surface area contributed by atoms with E-state index in [1.165, 1.54) is 0 Å². The van der Waals surface area contributed by atoms with Crippen molar-refractivity contribution >= 4 is 11.9 Å². The first-order valence-corrected chi connectivity index (χ1v) is 8.62. The van der Waals surface area contributed by atoms with Crippen LogP contribution in [-0.4, -0.2) is 40.4 Å². The lowest BCUT2D eigenvalue weighted by molar-refractivity contribution is -0.148. The highest BCUT2D eigenvalue weighted by Gasteiger charge is 2.30. The van der Waals surface area contributed by atoms with Crippen LogP contribution in [0, 0.1) is 5.92 Å². The molecule has 1 fully saturated rings. The van der Waals surface area contributed by atoms with Gasteiger partial charge in [-0.25, -0.2) is 0 Å². The number of hydrogen-bond donors (Lipinski definition) is 0. The molecule has 0 spiro atoms. The Balaban J connectivity index is 1.88. The highest BCUT2D eigenvalue weighted by Crippen LogP contribution is 2.28. The first kappa shape index (κ1) is 17.3. The Labute approximate surface area is 147 Å². The number of esters is 1. The standard InChI is InChI=1S/C18H24N4O3/c1-4-25-17(23)14-6-5-8-21(11-14)18-20-19-16(15-7-9-24-12-15)22(18)10-13(2)3/h7,9,12,14H,2,4-6,8,10-11H2,1,3H3. The Bertz CT molecular complexity index is 736. The Morgan fingerprint density at radius 2 is 2.32 bits per heavy atom. The number of furan rings is 1. The zero-order valence-electron chi connectivity index (χ0n) is 14.8. The molecular formula is C18H24N4O3. The number of rotatable bonds is 6. The summed E-state index contributed by atoms with van der Waals surface area (Å²) in [5, 5.41) is 8.74. The number of nitrogens with zero attached hydrogens (tertiary/aromatic N) is 4. The third-order valence-corrected chi connectivity index (χ3v) is 4.26. The van der Waals surface area contributed by atoms with E-state index in [4.69, 9.17) is 9.15 Å². The largest absolute Gasteiger partial charge is 0.472 e. The minimum Gasteiger partial charge on any atom is -0.472 e. The van der Waals surface area contributed by atoms with Gasteiger partial charge < -0.3 is 14.1 Å². The Morgan fingerprint density at radius 3 is 3.00 bits per heavy atom. The molecule has 0 saturated carbocycles. The second-order valence-corrected chi connectivity index (χ2v) is 6.42. The molecule has 7 heteroatoms. The van der Waals surface area contributed by atoms with Crippen LogP contribution < -0.4 is 4.90 Å². The van der Waals surface area contributed by atoms with Gasteiger partial charge in [-0.05, 0) is 32.8 Å². The van der Waals surface area contributed by atoms with Crippen molar-refractivity contribution in [2.75, 3.05) is 24.6 Å². The highest BCUT2D eigenvalue weighted by atomic mass is 16.5. The molecule has 0 aromatic carbocycles. The van der Waals surface area contributed by atoms with Gasteiger partial charge in [0.25, 0.3) is 0 Å². The van der Waals surface area contributed by atoms with E-state index in [-0.39, 0.29) is 11.9 Å². The van der Waals surface area contributed by atoms with Crippen molar-refractivity contribution in [2.24, 2.45) is 5.92 Å². The fourth-order valence-electron chi connectivity index (χ4n) is 3.16. The van der Waals surface area contributed by atoms with Crippen LogP contribution in [-0.2, 0) is 16.1 Å². The van der Waals surface area contributed by atoms with Crippen LogP contribution in [0.4, 0.5) is 5.95 Å². The van der Waals surface area contributed by atoms with Gasteiger partial charge in [0.1, 0.15) is 6.26 Å². The first-order valence-electron chi connectivity index (χ1n) is 8.62. The van der Waals surface area contributed by atoms with Crippen LogP contribution in [0.1, 0.15) is 26.7 Å². The summed E-state index contributed by atoms with van der Waals surface area (Å²) in [5.41, 5.74) is 1.88. The number of hydrogen-bond acceptors (Lipinski definition) is 6. The van der Waals surface area contributed by atoms with Crippen molar-refractivity contribution in [3.8, 4) is 11.4 Å². The van der Waals surface area contributed by atoms with Gasteiger partial charge in [-0.2, -0.15) is 0 Å². The van der Waals surface area contributed by atoms with E-state index in [2.05, 4.69) is 21.7 Å². The van der Waals surface area contributed by atoms with Crippen LogP contribution in [0.3, 0.4) is 0 Å². The maximum absolute atomic E-state index is 12.1. The molecule has 0 radical (unpaired) electrons. The molecule has 0 N–H and O–H groups in total. The number of ether oxygens (including phenoxy) is 1. The van der Waals surface area contributed by atoms with Gasteiger partial charge in [-0.1, -0.05) is 12.2 Å². The Hall–Kier alpha value is -2.57. The summed E-state index contributed by atoms with van der Waals surface area (Å²) < 4.78 is 12.4.